The minimum absolute atomic E-state index is 0. The first-order valence-corrected chi connectivity index (χ1v) is 15.0. The van der Waals surface area contributed by atoms with Gasteiger partial charge < -0.3 is 25.1 Å². The highest BCUT2D eigenvalue weighted by molar-refractivity contribution is 7.59. The topological polar surface area (TPSA) is 96.4 Å². The summed E-state index contributed by atoms with van der Waals surface area (Å²) >= 11 is 13.1. The summed E-state index contributed by atoms with van der Waals surface area (Å²) in [5.41, 5.74) is -0.523. The third kappa shape index (κ3) is 7.23. The van der Waals surface area contributed by atoms with Crippen LogP contribution in [0, 0.1) is 5.82 Å². The second-order valence-corrected chi connectivity index (χ2v) is 12.3. The lowest BCUT2D eigenvalue weighted by atomic mass is 9.92. The van der Waals surface area contributed by atoms with Gasteiger partial charge in [-0.2, -0.15) is 13.5 Å². The van der Waals surface area contributed by atoms with Crippen LogP contribution < -0.4 is 5.32 Å². The van der Waals surface area contributed by atoms with Crippen LogP contribution in [-0.4, -0.2) is 107 Å². The third-order valence-corrected chi connectivity index (χ3v) is 9.22. The number of halogens is 3. The summed E-state index contributed by atoms with van der Waals surface area (Å²) < 4.78 is 13.7. The molecule has 3 fully saturated rings. The number of likely N-dealkylation sites (tertiary alicyclic amines) is 2. The Bertz CT molecular complexity index is 1340. The van der Waals surface area contributed by atoms with Gasteiger partial charge in [0.05, 0.1) is 21.7 Å². The van der Waals surface area contributed by atoms with Crippen molar-refractivity contribution >= 4 is 60.1 Å². The molecule has 0 radical (unpaired) electrons. The van der Waals surface area contributed by atoms with Crippen LogP contribution in [0.5, 0.6) is 0 Å². The molecule has 0 spiro atoms. The number of hydrogen-bond acceptors (Lipinski definition) is 6. The molecule has 5 rings (SSSR count). The van der Waals surface area contributed by atoms with Crippen LogP contribution in [0.15, 0.2) is 36.4 Å². The summed E-state index contributed by atoms with van der Waals surface area (Å²) in [6.45, 7) is 7.45. The zero-order valence-corrected chi connectivity index (χ0v) is 26.8. The van der Waals surface area contributed by atoms with Crippen molar-refractivity contribution in [1.82, 2.24) is 19.6 Å². The van der Waals surface area contributed by atoms with E-state index in [1.807, 2.05) is 0 Å². The van der Waals surface area contributed by atoms with Crippen molar-refractivity contribution in [1.29, 1.82) is 0 Å². The van der Waals surface area contributed by atoms with Crippen molar-refractivity contribution in [3.8, 4) is 0 Å². The molecule has 1 atom stereocenters. The van der Waals surface area contributed by atoms with E-state index in [1.165, 1.54) is 32.0 Å². The molecular weight excluding hydrogens is 616 g/mol. The van der Waals surface area contributed by atoms with E-state index in [4.69, 9.17) is 23.2 Å². The molecule has 3 amide bonds. The van der Waals surface area contributed by atoms with E-state index in [1.54, 1.807) is 32.9 Å². The van der Waals surface area contributed by atoms with Gasteiger partial charge in [0, 0.05) is 71.0 Å². The largest absolute Gasteiger partial charge is 0.380 e. The second-order valence-electron chi connectivity index (χ2n) is 11.5. The Morgan fingerprint density at radius 2 is 1.51 bits per heavy atom. The van der Waals surface area contributed by atoms with Crippen LogP contribution in [0.2, 0.25) is 10.0 Å². The van der Waals surface area contributed by atoms with Gasteiger partial charge in [-0.15, -0.1) is 0 Å². The Kier molecular flexibility index (Phi) is 10.5. The Morgan fingerprint density at radius 1 is 0.930 bits per heavy atom. The summed E-state index contributed by atoms with van der Waals surface area (Å²) in [6.07, 6.45) is 1.57. The van der Waals surface area contributed by atoms with E-state index in [9.17, 15) is 23.9 Å². The van der Waals surface area contributed by atoms with Crippen molar-refractivity contribution in [2.24, 2.45) is 0 Å². The van der Waals surface area contributed by atoms with E-state index < -0.39 is 17.3 Å². The van der Waals surface area contributed by atoms with E-state index in [0.29, 0.717) is 45.3 Å². The number of carbonyl (C=O) groups excluding carboxylic acids is 3. The SMILES string of the molecule is CC(=O)N1CCN(C(=O)c2c(Cl)cc(NC3CN(C4CCN(C(=O)[C@@](C)(O)c5cccc(F)c5)CC4)C3)cc2Cl)CC1.S. The van der Waals surface area contributed by atoms with E-state index in [0.717, 1.165) is 31.6 Å². The van der Waals surface area contributed by atoms with Gasteiger partial charge in [0.15, 0.2) is 5.60 Å². The lowest BCUT2D eigenvalue weighted by Crippen LogP contribution is -2.61. The molecule has 2 N–H and O–H groups in total. The lowest BCUT2D eigenvalue weighted by molar-refractivity contribution is -0.152. The molecule has 3 heterocycles. The zero-order chi connectivity index (χ0) is 30.2. The van der Waals surface area contributed by atoms with Crippen molar-refractivity contribution in [3.05, 3.63) is 63.4 Å². The maximum atomic E-state index is 13.7. The fourth-order valence-electron chi connectivity index (χ4n) is 6.04. The van der Waals surface area contributed by atoms with Gasteiger partial charge in [0.2, 0.25) is 5.91 Å². The lowest BCUT2D eigenvalue weighted by Gasteiger charge is -2.48. The first-order chi connectivity index (χ1) is 19.9. The van der Waals surface area contributed by atoms with Gasteiger partial charge in [-0.05, 0) is 49.6 Å². The van der Waals surface area contributed by atoms with Gasteiger partial charge in [0.25, 0.3) is 11.8 Å². The molecule has 0 bridgehead atoms. The highest BCUT2D eigenvalue weighted by atomic mass is 35.5. The third-order valence-electron chi connectivity index (χ3n) is 8.62. The quantitative estimate of drug-likeness (QED) is 0.495. The van der Waals surface area contributed by atoms with Gasteiger partial charge in [0.1, 0.15) is 5.82 Å². The predicted molar refractivity (Wildman–Crippen MR) is 170 cm³/mol. The maximum absolute atomic E-state index is 13.7. The number of anilines is 1. The van der Waals surface area contributed by atoms with Crippen molar-refractivity contribution in [2.75, 3.05) is 57.7 Å². The number of nitrogens with zero attached hydrogens (tertiary/aromatic N) is 4. The number of hydrogen-bond donors (Lipinski definition) is 2. The number of rotatable bonds is 6. The number of carbonyl (C=O) groups is 3. The van der Waals surface area contributed by atoms with Crippen LogP contribution in [-0.2, 0) is 15.2 Å². The van der Waals surface area contributed by atoms with Crippen LogP contribution >= 0.6 is 36.7 Å². The van der Waals surface area contributed by atoms with E-state index >= 15 is 0 Å². The molecule has 3 aliphatic rings. The number of piperidine rings is 1. The average molecular weight is 655 g/mol. The molecule has 0 unspecified atom stereocenters. The van der Waals surface area contributed by atoms with Crippen LogP contribution in [0.3, 0.4) is 0 Å². The summed E-state index contributed by atoms with van der Waals surface area (Å²) in [5.74, 6) is -1.15. The normalized spacial score (nSPS) is 19.7. The number of piperazine rings is 1. The molecule has 43 heavy (non-hydrogen) atoms. The summed E-state index contributed by atoms with van der Waals surface area (Å²) in [5, 5.41) is 14.9. The molecule has 3 aliphatic heterocycles. The smallest absolute Gasteiger partial charge is 0.258 e. The number of aliphatic hydroxyl groups is 1. The first kappa shape index (κ1) is 33.3. The molecule has 0 aliphatic carbocycles. The van der Waals surface area contributed by atoms with Gasteiger partial charge >= 0.3 is 0 Å². The zero-order valence-electron chi connectivity index (χ0n) is 24.3. The van der Waals surface area contributed by atoms with Crippen molar-refractivity contribution in [2.45, 2.75) is 44.4 Å². The second kappa shape index (κ2) is 13.6. The Balaban J connectivity index is 0.00000423. The fraction of sp³-hybridized carbons (Fsp3) is 0.500. The molecule has 2 aromatic carbocycles. The number of amides is 3. The molecule has 3 saturated heterocycles. The number of benzene rings is 2. The molecular formula is C30H38Cl2FN5O4S. The standard InChI is InChI=1S/C30H36Cl2FN5O4.H2S/c1-19(39)35-10-12-36(13-11-35)28(40)27-25(31)15-22(16-26(27)32)34-23-17-38(18-23)24-6-8-37(9-7-24)29(41)30(2,42)20-4-3-5-21(33)14-20;/h3-5,14-16,23-24,34,42H,6-13,17-18H2,1-2H3;1H2/t30-;/m0./s1. The minimum Gasteiger partial charge on any atom is -0.380 e. The molecule has 0 saturated carbocycles. The highest BCUT2D eigenvalue weighted by Crippen LogP contribution is 2.33. The van der Waals surface area contributed by atoms with Gasteiger partial charge in [-0.25, -0.2) is 4.39 Å². The van der Waals surface area contributed by atoms with Crippen LogP contribution in [0.1, 0.15) is 42.6 Å². The maximum Gasteiger partial charge on any atom is 0.258 e. The minimum atomic E-state index is -1.78. The molecule has 9 nitrogen and oxygen atoms in total. The highest BCUT2D eigenvalue weighted by Gasteiger charge is 2.40. The Labute approximate surface area is 268 Å². The fourth-order valence-corrected chi connectivity index (χ4v) is 6.69. The molecule has 234 valence electrons. The van der Waals surface area contributed by atoms with Gasteiger partial charge in [-0.3, -0.25) is 19.3 Å². The average Bonchev–Trinajstić information content (AvgIpc) is 2.94. The monoisotopic (exact) mass is 653 g/mol. The van der Waals surface area contributed by atoms with Crippen molar-refractivity contribution < 1.29 is 23.9 Å². The Hall–Kier alpha value is -2.57. The van der Waals surface area contributed by atoms with Crippen molar-refractivity contribution in [3.63, 3.8) is 0 Å². The predicted octanol–water partition coefficient (Wildman–Crippen LogP) is 3.54. The Morgan fingerprint density at radius 3 is 2.07 bits per heavy atom. The number of nitrogens with one attached hydrogen (secondary N) is 1. The van der Waals surface area contributed by atoms with Crippen LogP contribution in [0.25, 0.3) is 0 Å². The summed E-state index contributed by atoms with van der Waals surface area (Å²) in [6, 6.07) is 9.49. The first-order valence-electron chi connectivity index (χ1n) is 14.3. The summed E-state index contributed by atoms with van der Waals surface area (Å²) in [4.78, 5) is 45.2. The molecule has 0 aromatic heterocycles. The van der Waals surface area contributed by atoms with Gasteiger partial charge in [-0.1, -0.05) is 35.3 Å². The molecule has 2 aromatic rings. The molecule has 13 heteroatoms. The van der Waals surface area contributed by atoms with E-state index in [-0.39, 0.29) is 52.5 Å². The summed E-state index contributed by atoms with van der Waals surface area (Å²) in [7, 11) is 0. The van der Waals surface area contributed by atoms with Crippen LogP contribution in [0.4, 0.5) is 10.1 Å². The van der Waals surface area contributed by atoms with E-state index in [2.05, 4.69) is 10.2 Å².